The van der Waals surface area contributed by atoms with Crippen molar-refractivity contribution in [1.82, 2.24) is 4.90 Å². The number of carboxylic acid groups (broad SMARTS) is 1. The van der Waals surface area contributed by atoms with Gasteiger partial charge in [-0.15, -0.1) is 0 Å². The predicted molar refractivity (Wildman–Crippen MR) is 78.2 cm³/mol. The van der Waals surface area contributed by atoms with Gasteiger partial charge in [0.2, 0.25) is 0 Å². The summed E-state index contributed by atoms with van der Waals surface area (Å²) < 4.78 is 11.0. The molecule has 1 fully saturated rings. The third-order valence-corrected chi connectivity index (χ3v) is 3.33. The molecule has 6 nitrogen and oxygen atoms in total. The molecule has 1 N–H and O–H groups in total. The molecule has 0 aromatic heterocycles. The Labute approximate surface area is 126 Å². The number of carboxylic acids is 1. The third kappa shape index (κ3) is 4.88. The van der Waals surface area contributed by atoms with Crippen LogP contribution >= 0.6 is 0 Å². The molecule has 0 aromatic carbocycles. The summed E-state index contributed by atoms with van der Waals surface area (Å²) in [6.07, 6.45) is 0.337. The highest BCUT2D eigenvalue weighted by Crippen LogP contribution is 2.27. The standard InChI is InChI=1S/C15H27NO5/c1-9(2)16(14(19)21-15(4,5)6)12(13(17)18)11-8-7-10(3)20-11/h9-12H,7-8H2,1-6H3,(H,17,18). The van der Waals surface area contributed by atoms with Crippen LogP contribution in [-0.2, 0) is 14.3 Å². The lowest BCUT2D eigenvalue weighted by Gasteiger charge is -2.36. The monoisotopic (exact) mass is 301 g/mol. The molecule has 1 aliphatic rings. The minimum absolute atomic E-state index is 0.0181. The zero-order valence-corrected chi connectivity index (χ0v) is 13.8. The summed E-state index contributed by atoms with van der Waals surface area (Å²) in [4.78, 5) is 25.3. The van der Waals surface area contributed by atoms with E-state index in [9.17, 15) is 14.7 Å². The number of ether oxygens (including phenoxy) is 2. The molecule has 1 heterocycles. The van der Waals surface area contributed by atoms with Crippen molar-refractivity contribution in [3.63, 3.8) is 0 Å². The molecule has 0 aliphatic carbocycles. The van der Waals surface area contributed by atoms with Gasteiger partial charge in [-0.05, 0) is 54.4 Å². The quantitative estimate of drug-likeness (QED) is 0.864. The van der Waals surface area contributed by atoms with E-state index in [-0.39, 0.29) is 12.1 Å². The van der Waals surface area contributed by atoms with Crippen LogP contribution in [0.4, 0.5) is 4.79 Å². The van der Waals surface area contributed by atoms with Gasteiger partial charge in [0, 0.05) is 6.04 Å². The highest BCUT2D eigenvalue weighted by atomic mass is 16.6. The van der Waals surface area contributed by atoms with Crippen LogP contribution in [0.5, 0.6) is 0 Å². The molecular weight excluding hydrogens is 274 g/mol. The molecule has 21 heavy (non-hydrogen) atoms. The van der Waals surface area contributed by atoms with Crippen LogP contribution in [-0.4, -0.2) is 52.0 Å². The minimum atomic E-state index is -1.06. The molecule has 1 amide bonds. The Balaban J connectivity index is 2.99. The fraction of sp³-hybridized carbons (Fsp3) is 0.867. The van der Waals surface area contributed by atoms with Gasteiger partial charge in [-0.3, -0.25) is 4.90 Å². The molecule has 0 aromatic rings. The van der Waals surface area contributed by atoms with Gasteiger partial charge in [-0.1, -0.05) is 0 Å². The number of nitrogens with zero attached hydrogens (tertiary/aromatic N) is 1. The smallest absolute Gasteiger partial charge is 0.411 e. The summed E-state index contributed by atoms with van der Waals surface area (Å²) in [5.41, 5.74) is -0.670. The van der Waals surface area contributed by atoms with Crippen molar-refractivity contribution in [2.24, 2.45) is 0 Å². The fourth-order valence-corrected chi connectivity index (χ4v) is 2.48. The predicted octanol–water partition coefficient (Wildman–Crippen LogP) is 2.65. The number of rotatable bonds is 4. The lowest BCUT2D eigenvalue weighted by molar-refractivity contribution is -0.150. The molecule has 1 rings (SSSR count). The normalized spacial score (nSPS) is 24.0. The van der Waals surface area contributed by atoms with Crippen molar-refractivity contribution >= 4 is 12.1 Å². The molecule has 6 heteroatoms. The Morgan fingerprint density at radius 3 is 2.19 bits per heavy atom. The first-order chi connectivity index (χ1) is 9.53. The summed E-state index contributed by atoms with van der Waals surface area (Å²) in [6, 6.07) is -1.31. The van der Waals surface area contributed by atoms with Crippen LogP contribution in [0.3, 0.4) is 0 Å². The zero-order chi connectivity index (χ0) is 16.4. The van der Waals surface area contributed by atoms with E-state index in [0.29, 0.717) is 6.42 Å². The van der Waals surface area contributed by atoms with E-state index < -0.39 is 29.8 Å². The van der Waals surface area contributed by atoms with Crippen LogP contribution in [0, 0.1) is 0 Å². The van der Waals surface area contributed by atoms with Crippen LogP contribution in [0.1, 0.15) is 54.4 Å². The topological polar surface area (TPSA) is 76.1 Å². The summed E-state index contributed by atoms with van der Waals surface area (Å²) in [7, 11) is 0. The Bertz CT molecular complexity index is 388. The Kier molecular flexibility index (Phi) is 5.61. The van der Waals surface area contributed by atoms with Crippen molar-refractivity contribution < 1.29 is 24.2 Å². The first-order valence-corrected chi connectivity index (χ1v) is 7.42. The Morgan fingerprint density at radius 2 is 1.86 bits per heavy atom. The molecule has 1 aliphatic heterocycles. The third-order valence-electron chi connectivity index (χ3n) is 3.33. The highest BCUT2D eigenvalue weighted by Gasteiger charge is 2.43. The van der Waals surface area contributed by atoms with Crippen LogP contribution in [0.2, 0.25) is 0 Å². The van der Waals surface area contributed by atoms with Crippen molar-refractivity contribution in [3.05, 3.63) is 0 Å². The van der Waals surface area contributed by atoms with E-state index in [0.717, 1.165) is 6.42 Å². The van der Waals surface area contributed by atoms with Crippen molar-refractivity contribution in [2.75, 3.05) is 0 Å². The molecule has 122 valence electrons. The van der Waals surface area contributed by atoms with Crippen LogP contribution in [0.15, 0.2) is 0 Å². The average Bonchev–Trinajstić information content (AvgIpc) is 2.68. The number of carbonyl (C=O) groups is 2. The SMILES string of the molecule is CC1CCC(C(C(=O)O)N(C(=O)OC(C)(C)C)C(C)C)O1. The van der Waals surface area contributed by atoms with Crippen molar-refractivity contribution in [3.8, 4) is 0 Å². The fourth-order valence-electron chi connectivity index (χ4n) is 2.48. The molecule has 1 saturated heterocycles. The lowest BCUT2D eigenvalue weighted by atomic mass is 10.0. The summed E-state index contributed by atoms with van der Waals surface area (Å²) in [6.45, 7) is 10.7. The molecule has 0 radical (unpaired) electrons. The average molecular weight is 301 g/mol. The molecular formula is C15H27NO5. The zero-order valence-electron chi connectivity index (χ0n) is 13.8. The summed E-state index contributed by atoms with van der Waals surface area (Å²) in [5.74, 6) is -1.06. The largest absolute Gasteiger partial charge is 0.480 e. The van der Waals surface area contributed by atoms with E-state index in [4.69, 9.17) is 9.47 Å². The number of hydrogen-bond acceptors (Lipinski definition) is 4. The molecule has 0 bridgehead atoms. The second kappa shape index (κ2) is 6.64. The first kappa shape index (κ1) is 17.8. The van der Waals surface area contributed by atoms with Gasteiger partial charge in [-0.2, -0.15) is 0 Å². The van der Waals surface area contributed by atoms with Crippen LogP contribution in [0.25, 0.3) is 0 Å². The van der Waals surface area contributed by atoms with Gasteiger partial charge in [0.25, 0.3) is 0 Å². The molecule has 0 saturated carbocycles. The lowest BCUT2D eigenvalue weighted by Crippen LogP contribution is -2.55. The highest BCUT2D eigenvalue weighted by molar-refractivity contribution is 5.81. The molecule has 0 spiro atoms. The van der Waals surface area contributed by atoms with Gasteiger partial charge in [0.05, 0.1) is 12.2 Å². The number of hydrogen-bond donors (Lipinski definition) is 1. The van der Waals surface area contributed by atoms with E-state index in [1.54, 1.807) is 34.6 Å². The van der Waals surface area contributed by atoms with Crippen molar-refractivity contribution in [1.29, 1.82) is 0 Å². The maximum absolute atomic E-state index is 12.4. The Morgan fingerprint density at radius 1 is 1.29 bits per heavy atom. The van der Waals surface area contributed by atoms with E-state index in [1.807, 2.05) is 6.92 Å². The van der Waals surface area contributed by atoms with E-state index >= 15 is 0 Å². The molecule has 3 unspecified atom stereocenters. The van der Waals surface area contributed by atoms with E-state index in [1.165, 1.54) is 4.90 Å². The molecule has 3 atom stereocenters. The number of aliphatic carboxylic acids is 1. The van der Waals surface area contributed by atoms with Crippen molar-refractivity contribution in [2.45, 2.75) is 84.3 Å². The maximum Gasteiger partial charge on any atom is 0.411 e. The van der Waals surface area contributed by atoms with E-state index in [2.05, 4.69) is 0 Å². The second-order valence-corrected chi connectivity index (χ2v) is 6.83. The number of carbonyl (C=O) groups excluding carboxylic acids is 1. The van der Waals surface area contributed by atoms with Gasteiger partial charge in [0.1, 0.15) is 5.60 Å². The van der Waals surface area contributed by atoms with Gasteiger partial charge in [-0.25, -0.2) is 9.59 Å². The number of amides is 1. The maximum atomic E-state index is 12.4. The first-order valence-electron chi connectivity index (χ1n) is 7.42. The summed E-state index contributed by atoms with van der Waals surface area (Å²) >= 11 is 0. The summed E-state index contributed by atoms with van der Waals surface area (Å²) in [5, 5.41) is 9.56. The van der Waals surface area contributed by atoms with Gasteiger partial charge in [0.15, 0.2) is 6.04 Å². The van der Waals surface area contributed by atoms with Gasteiger partial charge < -0.3 is 14.6 Å². The van der Waals surface area contributed by atoms with Gasteiger partial charge >= 0.3 is 12.1 Å². The minimum Gasteiger partial charge on any atom is -0.480 e. The Hall–Kier alpha value is -1.30. The van der Waals surface area contributed by atoms with Crippen LogP contribution < -0.4 is 0 Å². The second-order valence-electron chi connectivity index (χ2n) is 6.83.